The first-order valence-corrected chi connectivity index (χ1v) is 10.7. The number of methoxy groups -OCH3 is 1. The number of thiazole rings is 1. The van der Waals surface area contributed by atoms with Crippen molar-refractivity contribution in [1.82, 2.24) is 9.88 Å². The topological polar surface area (TPSA) is 74.0 Å². The number of nitrogens with zero attached hydrogens (tertiary/aromatic N) is 2. The molecule has 4 rings (SSSR count). The Morgan fingerprint density at radius 2 is 2.27 bits per heavy atom. The van der Waals surface area contributed by atoms with Gasteiger partial charge in [-0.2, -0.15) is 0 Å². The van der Waals surface area contributed by atoms with E-state index in [1.54, 1.807) is 25.1 Å². The molecule has 1 aromatic carbocycles. The van der Waals surface area contributed by atoms with E-state index in [-0.39, 0.29) is 12.0 Å². The van der Waals surface area contributed by atoms with Gasteiger partial charge in [0.2, 0.25) is 0 Å². The molecule has 1 amide bonds. The normalized spacial score (nSPS) is 15.8. The molecule has 0 saturated carbocycles. The summed E-state index contributed by atoms with van der Waals surface area (Å²) in [6.07, 6.45) is 5.28. The Balaban J connectivity index is 1.52. The summed E-state index contributed by atoms with van der Waals surface area (Å²) in [5.74, 6) is 1.92. The van der Waals surface area contributed by atoms with Crippen LogP contribution in [0.15, 0.2) is 52.7 Å². The molecular weight excluding hydrogens is 404 g/mol. The number of hydrogen-bond donors (Lipinski definition) is 0. The van der Waals surface area contributed by atoms with Crippen LogP contribution < -0.4 is 9.47 Å². The van der Waals surface area contributed by atoms with Gasteiger partial charge in [-0.3, -0.25) is 9.78 Å². The van der Waals surface area contributed by atoms with E-state index in [0.717, 1.165) is 30.8 Å². The van der Waals surface area contributed by atoms with Gasteiger partial charge in [-0.05, 0) is 42.7 Å². The number of amides is 1. The van der Waals surface area contributed by atoms with Gasteiger partial charge in [0, 0.05) is 19.7 Å². The Morgan fingerprint density at radius 3 is 2.97 bits per heavy atom. The second-order valence-electron chi connectivity index (χ2n) is 7.04. The van der Waals surface area contributed by atoms with Crippen molar-refractivity contribution >= 4 is 17.2 Å². The summed E-state index contributed by atoms with van der Waals surface area (Å²) in [7, 11) is 1.60. The van der Waals surface area contributed by atoms with E-state index in [9.17, 15) is 4.79 Å². The van der Waals surface area contributed by atoms with E-state index >= 15 is 0 Å². The minimum atomic E-state index is -0.0399. The van der Waals surface area contributed by atoms with E-state index in [2.05, 4.69) is 4.98 Å². The zero-order valence-corrected chi connectivity index (χ0v) is 17.6. The summed E-state index contributed by atoms with van der Waals surface area (Å²) in [5, 5.41) is 0. The molecule has 158 valence electrons. The maximum atomic E-state index is 13.1. The van der Waals surface area contributed by atoms with Crippen LogP contribution in [0.3, 0.4) is 0 Å². The molecule has 0 radical (unpaired) electrons. The Bertz CT molecular complexity index is 937. The fraction of sp³-hybridized carbons (Fsp3) is 0.364. The van der Waals surface area contributed by atoms with Gasteiger partial charge in [-0.25, -0.2) is 0 Å². The number of carbonyl (C=O) groups excluding carboxylic acids is 1. The molecule has 0 bridgehead atoms. The second kappa shape index (κ2) is 9.77. The van der Waals surface area contributed by atoms with Crippen LogP contribution in [-0.2, 0) is 17.9 Å². The quantitative estimate of drug-likeness (QED) is 0.510. The summed E-state index contributed by atoms with van der Waals surface area (Å²) in [4.78, 5) is 19.5. The molecule has 7 nitrogen and oxygen atoms in total. The van der Waals surface area contributed by atoms with Crippen LogP contribution in [0.2, 0.25) is 0 Å². The van der Waals surface area contributed by atoms with Crippen LogP contribution >= 0.6 is 11.3 Å². The smallest absolute Gasteiger partial charge is 0.265 e. The van der Waals surface area contributed by atoms with Crippen LogP contribution in [0.1, 0.15) is 33.8 Å². The lowest BCUT2D eigenvalue weighted by Crippen LogP contribution is -2.36. The van der Waals surface area contributed by atoms with Gasteiger partial charge in [0.15, 0.2) is 11.5 Å². The second-order valence-corrected chi connectivity index (χ2v) is 7.93. The van der Waals surface area contributed by atoms with Crippen LogP contribution in [0.5, 0.6) is 11.5 Å². The maximum Gasteiger partial charge on any atom is 0.265 e. The highest BCUT2D eigenvalue weighted by molar-refractivity contribution is 7.11. The molecule has 0 aliphatic carbocycles. The highest BCUT2D eigenvalue weighted by Crippen LogP contribution is 2.30. The van der Waals surface area contributed by atoms with Crippen molar-refractivity contribution in [3.05, 3.63) is 64.5 Å². The van der Waals surface area contributed by atoms with E-state index in [0.29, 0.717) is 36.1 Å². The fourth-order valence-electron chi connectivity index (χ4n) is 3.43. The molecule has 1 aliphatic heterocycles. The first-order chi connectivity index (χ1) is 14.7. The number of carbonyl (C=O) groups is 1. The molecule has 1 aliphatic rings. The largest absolute Gasteiger partial charge is 0.493 e. The molecule has 1 atom stereocenters. The van der Waals surface area contributed by atoms with Crippen LogP contribution in [0.4, 0.5) is 0 Å². The Morgan fingerprint density at radius 1 is 1.33 bits per heavy atom. The van der Waals surface area contributed by atoms with Crippen molar-refractivity contribution in [3.8, 4) is 11.5 Å². The predicted octanol–water partition coefficient (Wildman–Crippen LogP) is 4.15. The molecule has 30 heavy (non-hydrogen) atoms. The van der Waals surface area contributed by atoms with Gasteiger partial charge >= 0.3 is 0 Å². The zero-order chi connectivity index (χ0) is 20.8. The summed E-state index contributed by atoms with van der Waals surface area (Å²) >= 11 is 1.35. The third kappa shape index (κ3) is 5.01. The number of rotatable bonds is 9. The van der Waals surface area contributed by atoms with Crippen molar-refractivity contribution in [2.45, 2.75) is 32.1 Å². The highest BCUT2D eigenvalue weighted by atomic mass is 32.1. The number of ether oxygens (including phenoxy) is 3. The number of furan rings is 1. The monoisotopic (exact) mass is 428 g/mol. The SMILES string of the molecule is COc1ccc(CN(C[C@H]2CCCO2)C(=O)c2cncs2)cc1OCc1ccco1. The molecule has 8 heteroatoms. The Labute approximate surface area is 179 Å². The predicted molar refractivity (Wildman–Crippen MR) is 112 cm³/mol. The standard InChI is InChI=1S/C22H24N2O5S/c1-26-19-7-6-16(10-20(19)29-14-18-5-3-9-28-18)12-24(13-17-4-2-8-27-17)22(25)21-11-23-15-30-21/h3,5-7,9-11,15,17H,2,4,8,12-14H2,1H3/t17-/m1/s1. The lowest BCUT2D eigenvalue weighted by atomic mass is 10.1. The number of benzene rings is 1. The lowest BCUT2D eigenvalue weighted by molar-refractivity contribution is 0.0510. The van der Waals surface area contributed by atoms with Crippen molar-refractivity contribution in [2.24, 2.45) is 0 Å². The minimum Gasteiger partial charge on any atom is -0.493 e. The molecule has 1 saturated heterocycles. The van der Waals surface area contributed by atoms with Gasteiger partial charge in [0.1, 0.15) is 17.2 Å². The summed E-state index contributed by atoms with van der Waals surface area (Å²) in [6.45, 7) is 2.04. The van der Waals surface area contributed by atoms with Gasteiger partial charge in [-0.15, -0.1) is 11.3 Å². The average molecular weight is 429 g/mol. The van der Waals surface area contributed by atoms with E-state index < -0.39 is 0 Å². The van der Waals surface area contributed by atoms with E-state index in [1.165, 1.54) is 11.3 Å². The Hall–Kier alpha value is -2.84. The number of aromatic nitrogens is 1. The van der Waals surface area contributed by atoms with Crippen molar-refractivity contribution in [2.75, 3.05) is 20.3 Å². The third-order valence-electron chi connectivity index (χ3n) is 4.93. The summed E-state index contributed by atoms with van der Waals surface area (Å²) < 4.78 is 22.4. The van der Waals surface area contributed by atoms with E-state index in [1.807, 2.05) is 35.2 Å². The zero-order valence-electron chi connectivity index (χ0n) is 16.8. The molecule has 1 fully saturated rings. The van der Waals surface area contributed by atoms with Crippen molar-refractivity contribution < 1.29 is 23.4 Å². The van der Waals surface area contributed by atoms with Crippen LogP contribution in [0, 0.1) is 0 Å². The summed E-state index contributed by atoms with van der Waals surface area (Å²) in [6, 6.07) is 9.38. The van der Waals surface area contributed by atoms with Gasteiger partial charge in [-0.1, -0.05) is 6.07 Å². The lowest BCUT2D eigenvalue weighted by Gasteiger charge is -2.25. The summed E-state index contributed by atoms with van der Waals surface area (Å²) in [5.41, 5.74) is 2.62. The maximum absolute atomic E-state index is 13.1. The molecule has 0 spiro atoms. The molecule has 2 aromatic heterocycles. The molecule has 0 N–H and O–H groups in total. The van der Waals surface area contributed by atoms with Crippen molar-refractivity contribution in [1.29, 1.82) is 0 Å². The fourth-order valence-corrected chi connectivity index (χ4v) is 4.01. The van der Waals surface area contributed by atoms with Gasteiger partial charge in [0.05, 0.1) is 31.2 Å². The molecule has 3 heterocycles. The third-order valence-corrected chi connectivity index (χ3v) is 5.69. The minimum absolute atomic E-state index is 0.0399. The van der Waals surface area contributed by atoms with Crippen LogP contribution in [0.25, 0.3) is 0 Å². The Kier molecular flexibility index (Phi) is 6.66. The van der Waals surface area contributed by atoms with E-state index in [4.69, 9.17) is 18.6 Å². The highest BCUT2D eigenvalue weighted by Gasteiger charge is 2.25. The van der Waals surface area contributed by atoms with Gasteiger partial charge in [0.25, 0.3) is 5.91 Å². The molecule has 0 unspecified atom stereocenters. The molecular formula is C22H24N2O5S. The average Bonchev–Trinajstić information content (AvgIpc) is 3.55. The molecule has 3 aromatic rings. The first kappa shape index (κ1) is 20.4. The van der Waals surface area contributed by atoms with Gasteiger partial charge < -0.3 is 23.5 Å². The first-order valence-electron chi connectivity index (χ1n) is 9.84. The van der Waals surface area contributed by atoms with Crippen molar-refractivity contribution in [3.63, 3.8) is 0 Å². The van der Waals surface area contributed by atoms with Crippen LogP contribution in [-0.4, -0.2) is 42.2 Å². The number of hydrogen-bond acceptors (Lipinski definition) is 7.